The first-order valence-electron chi connectivity index (χ1n) is 13.7. The van der Waals surface area contributed by atoms with E-state index in [1.165, 1.54) is 56.9 Å². The standard InChI is InChI=1S/C29H46N2O3/c1-4-7-8-9-10-11-12-13-14-17-22-34-28(32)27(31-33)26-24-18-15-16-19-25(24)29(20-5-2,21-6-3)23-30-26/h15-16,18-19,33H,4-14,17,20-23H2,1-3H3. The third-order valence-corrected chi connectivity index (χ3v) is 7.00. The molecule has 0 fully saturated rings. The van der Waals surface area contributed by atoms with Crippen LogP contribution in [0, 0.1) is 0 Å². The lowest BCUT2D eigenvalue weighted by Crippen LogP contribution is -2.39. The summed E-state index contributed by atoms with van der Waals surface area (Å²) in [5.74, 6) is -0.592. The van der Waals surface area contributed by atoms with Crippen molar-refractivity contribution in [1.29, 1.82) is 0 Å². The highest BCUT2D eigenvalue weighted by Crippen LogP contribution is 2.40. The SMILES string of the molecule is CCCCCCCCCCCCOC(=O)C(=NO)C1=NCC(CCC)(CCC)c2ccccc21. The van der Waals surface area contributed by atoms with E-state index in [4.69, 9.17) is 9.73 Å². The third kappa shape index (κ3) is 7.95. The number of esters is 1. The van der Waals surface area contributed by atoms with Crippen LogP contribution in [0.5, 0.6) is 0 Å². The summed E-state index contributed by atoms with van der Waals surface area (Å²) in [4.78, 5) is 17.5. The van der Waals surface area contributed by atoms with Crippen LogP contribution in [0.4, 0.5) is 0 Å². The molecule has 34 heavy (non-hydrogen) atoms. The molecule has 5 heteroatoms. The molecular formula is C29H46N2O3. The number of aliphatic imine (C=N–C) groups is 1. The maximum absolute atomic E-state index is 12.8. The maximum atomic E-state index is 12.8. The lowest BCUT2D eigenvalue weighted by Gasteiger charge is -2.37. The lowest BCUT2D eigenvalue weighted by atomic mass is 9.69. The predicted octanol–water partition coefficient (Wildman–Crippen LogP) is 7.62. The van der Waals surface area contributed by atoms with E-state index in [0.29, 0.717) is 18.9 Å². The van der Waals surface area contributed by atoms with E-state index in [1.54, 1.807) is 0 Å². The normalized spacial score (nSPS) is 15.0. The summed E-state index contributed by atoms with van der Waals surface area (Å²) in [6, 6.07) is 8.11. The van der Waals surface area contributed by atoms with Crippen LogP contribution >= 0.6 is 0 Å². The number of fused-ring (bicyclic) bond motifs is 1. The van der Waals surface area contributed by atoms with Gasteiger partial charge in [0, 0.05) is 17.5 Å². The highest BCUT2D eigenvalue weighted by molar-refractivity contribution is 6.69. The van der Waals surface area contributed by atoms with Gasteiger partial charge in [0.15, 0.2) is 0 Å². The Bertz CT molecular complexity index is 794. The van der Waals surface area contributed by atoms with E-state index in [2.05, 4.69) is 32.0 Å². The second-order valence-electron chi connectivity index (χ2n) is 9.76. The van der Waals surface area contributed by atoms with Crippen molar-refractivity contribution in [2.75, 3.05) is 13.2 Å². The molecule has 0 saturated carbocycles. The molecule has 0 aromatic heterocycles. The summed E-state index contributed by atoms with van der Waals surface area (Å²) in [5.41, 5.74) is 2.44. The van der Waals surface area contributed by atoms with Gasteiger partial charge < -0.3 is 9.94 Å². The first-order valence-corrected chi connectivity index (χ1v) is 13.7. The van der Waals surface area contributed by atoms with E-state index in [0.717, 1.165) is 44.1 Å². The molecule has 0 aliphatic carbocycles. The highest BCUT2D eigenvalue weighted by atomic mass is 16.5. The number of nitrogens with zero attached hydrogens (tertiary/aromatic N) is 2. The molecule has 0 atom stereocenters. The highest BCUT2D eigenvalue weighted by Gasteiger charge is 2.38. The Hall–Kier alpha value is -2.17. The van der Waals surface area contributed by atoms with Gasteiger partial charge in [-0.15, -0.1) is 0 Å². The van der Waals surface area contributed by atoms with Crippen LogP contribution in [0.25, 0.3) is 0 Å². The number of hydrogen-bond acceptors (Lipinski definition) is 5. The molecule has 190 valence electrons. The van der Waals surface area contributed by atoms with Crippen molar-refractivity contribution in [3.8, 4) is 0 Å². The molecule has 1 aliphatic rings. The second-order valence-corrected chi connectivity index (χ2v) is 9.76. The van der Waals surface area contributed by atoms with Crippen LogP contribution in [0.3, 0.4) is 0 Å². The topological polar surface area (TPSA) is 71.2 Å². The summed E-state index contributed by atoms with van der Waals surface area (Å²) in [7, 11) is 0. The van der Waals surface area contributed by atoms with Gasteiger partial charge in [0.25, 0.3) is 0 Å². The molecule has 1 aromatic carbocycles. The number of benzene rings is 1. The van der Waals surface area contributed by atoms with Gasteiger partial charge >= 0.3 is 5.97 Å². The van der Waals surface area contributed by atoms with Crippen LogP contribution in [0.2, 0.25) is 0 Å². The Morgan fingerprint density at radius 1 is 0.912 bits per heavy atom. The second kappa shape index (κ2) is 15.7. The van der Waals surface area contributed by atoms with Gasteiger partial charge in [0.2, 0.25) is 5.71 Å². The number of carbonyl (C=O) groups is 1. The molecule has 0 spiro atoms. The molecule has 1 aliphatic heterocycles. The lowest BCUT2D eigenvalue weighted by molar-refractivity contribution is -0.135. The van der Waals surface area contributed by atoms with E-state index in [-0.39, 0.29) is 11.1 Å². The van der Waals surface area contributed by atoms with Gasteiger partial charge in [0.05, 0.1) is 6.61 Å². The molecule has 0 unspecified atom stereocenters. The Morgan fingerprint density at radius 3 is 2.09 bits per heavy atom. The largest absolute Gasteiger partial charge is 0.461 e. The van der Waals surface area contributed by atoms with Gasteiger partial charge in [-0.3, -0.25) is 4.99 Å². The number of hydrogen-bond donors (Lipinski definition) is 1. The molecule has 5 nitrogen and oxygen atoms in total. The van der Waals surface area contributed by atoms with Gasteiger partial charge in [-0.2, -0.15) is 0 Å². The van der Waals surface area contributed by atoms with Crippen molar-refractivity contribution >= 4 is 17.4 Å². The van der Waals surface area contributed by atoms with E-state index in [9.17, 15) is 10.0 Å². The van der Waals surface area contributed by atoms with Gasteiger partial charge in [-0.25, -0.2) is 4.79 Å². The van der Waals surface area contributed by atoms with Crippen molar-refractivity contribution < 1.29 is 14.7 Å². The first-order chi connectivity index (χ1) is 16.6. The molecule has 1 heterocycles. The number of unbranched alkanes of at least 4 members (excludes halogenated alkanes) is 9. The molecule has 0 amide bonds. The molecule has 2 rings (SSSR count). The van der Waals surface area contributed by atoms with Crippen molar-refractivity contribution in [2.24, 2.45) is 10.1 Å². The van der Waals surface area contributed by atoms with Crippen molar-refractivity contribution in [2.45, 2.75) is 116 Å². The van der Waals surface area contributed by atoms with Crippen LogP contribution in [-0.2, 0) is 14.9 Å². The van der Waals surface area contributed by atoms with E-state index in [1.807, 2.05) is 18.2 Å². The van der Waals surface area contributed by atoms with Gasteiger partial charge in [-0.05, 0) is 24.8 Å². The molecule has 1 aromatic rings. The Balaban J connectivity index is 1.88. The van der Waals surface area contributed by atoms with Crippen LogP contribution in [-0.4, -0.2) is 35.8 Å². The first kappa shape index (κ1) is 28.1. The third-order valence-electron chi connectivity index (χ3n) is 7.00. The summed E-state index contributed by atoms with van der Waals surface area (Å²) in [6.07, 6.45) is 16.5. The minimum Gasteiger partial charge on any atom is -0.461 e. The average Bonchev–Trinajstić information content (AvgIpc) is 2.85. The van der Waals surface area contributed by atoms with Crippen LogP contribution < -0.4 is 0 Å². The van der Waals surface area contributed by atoms with Gasteiger partial charge in [-0.1, -0.05) is 121 Å². The number of oxime groups is 1. The summed E-state index contributed by atoms with van der Waals surface area (Å²) >= 11 is 0. The number of carbonyl (C=O) groups excluding carboxylic acids is 1. The minimum atomic E-state index is -0.592. The smallest absolute Gasteiger partial charge is 0.362 e. The zero-order chi connectivity index (χ0) is 24.7. The zero-order valence-corrected chi connectivity index (χ0v) is 21.8. The van der Waals surface area contributed by atoms with Crippen molar-refractivity contribution in [3.05, 3.63) is 35.4 Å². The predicted molar refractivity (Wildman–Crippen MR) is 141 cm³/mol. The fourth-order valence-electron chi connectivity index (χ4n) is 5.27. The quantitative estimate of drug-likeness (QED) is 0.0836. The number of ether oxygens (including phenoxy) is 1. The fourth-order valence-corrected chi connectivity index (χ4v) is 5.27. The van der Waals surface area contributed by atoms with Crippen LogP contribution in [0.15, 0.2) is 34.4 Å². The molecule has 0 saturated heterocycles. The van der Waals surface area contributed by atoms with Crippen LogP contribution in [0.1, 0.15) is 122 Å². The van der Waals surface area contributed by atoms with Gasteiger partial charge in [0.1, 0.15) is 5.71 Å². The molecule has 1 N–H and O–H groups in total. The minimum absolute atomic E-state index is 0.0237. The summed E-state index contributed by atoms with van der Waals surface area (Å²) in [5, 5.41) is 13.0. The maximum Gasteiger partial charge on any atom is 0.362 e. The fraction of sp³-hybridized carbons (Fsp3) is 0.690. The molecular weight excluding hydrogens is 424 g/mol. The van der Waals surface area contributed by atoms with Crippen molar-refractivity contribution in [3.63, 3.8) is 0 Å². The Labute approximate surface area is 207 Å². The average molecular weight is 471 g/mol. The Morgan fingerprint density at radius 2 is 1.50 bits per heavy atom. The van der Waals surface area contributed by atoms with E-state index < -0.39 is 5.97 Å². The van der Waals surface area contributed by atoms with E-state index >= 15 is 0 Å². The summed E-state index contributed by atoms with van der Waals surface area (Å²) in [6.45, 7) is 7.59. The monoisotopic (exact) mass is 470 g/mol. The zero-order valence-electron chi connectivity index (χ0n) is 21.8. The summed E-state index contributed by atoms with van der Waals surface area (Å²) < 4.78 is 5.47. The number of rotatable bonds is 17. The molecule has 0 radical (unpaired) electrons. The Kier molecular flexibility index (Phi) is 12.9. The van der Waals surface area contributed by atoms with Crippen molar-refractivity contribution in [1.82, 2.24) is 0 Å². The molecule has 0 bridgehead atoms.